The van der Waals surface area contributed by atoms with Crippen LogP contribution in [0.25, 0.3) is 6.08 Å². The molecule has 2 aromatic carbocycles. The topological polar surface area (TPSA) is 41.5 Å². The molecule has 5 heteroatoms. The van der Waals surface area contributed by atoms with E-state index in [0.717, 1.165) is 14.8 Å². The summed E-state index contributed by atoms with van der Waals surface area (Å²) in [5.74, 6) is -0.0998. The van der Waals surface area contributed by atoms with Crippen molar-refractivity contribution in [3.8, 4) is 0 Å². The first kappa shape index (κ1) is 16.3. The SMILES string of the molecule is Cc1ccc(N=C2NC(=O)/C(=C/c3ccccc3I)S2)cc1C. The van der Waals surface area contributed by atoms with Gasteiger partial charge in [0.2, 0.25) is 0 Å². The lowest BCUT2D eigenvalue weighted by atomic mass is 10.1. The number of hydrogen-bond donors (Lipinski definition) is 1. The molecule has 1 N–H and O–H groups in total. The van der Waals surface area contributed by atoms with Crippen LogP contribution in [0.4, 0.5) is 5.69 Å². The average molecular weight is 434 g/mol. The number of halogens is 1. The molecule has 1 saturated heterocycles. The molecule has 0 atom stereocenters. The zero-order valence-corrected chi connectivity index (χ0v) is 15.7. The van der Waals surface area contributed by atoms with E-state index in [1.165, 1.54) is 22.9 Å². The molecule has 1 heterocycles. The van der Waals surface area contributed by atoms with Crippen LogP contribution >= 0.6 is 34.4 Å². The fourth-order valence-electron chi connectivity index (χ4n) is 2.13. The summed E-state index contributed by atoms with van der Waals surface area (Å²) in [7, 11) is 0. The number of nitrogens with one attached hydrogen (secondary N) is 1. The second kappa shape index (κ2) is 6.88. The quantitative estimate of drug-likeness (QED) is 0.545. The van der Waals surface area contributed by atoms with E-state index in [-0.39, 0.29) is 5.91 Å². The molecule has 1 fully saturated rings. The number of amidine groups is 1. The maximum Gasteiger partial charge on any atom is 0.264 e. The molecule has 3 nitrogen and oxygen atoms in total. The van der Waals surface area contributed by atoms with E-state index in [1.54, 1.807) is 0 Å². The number of nitrogens with zero attached hydrogens (tertiary/aromatic N) is 1. The summed E-state index contributed by atoms with van der Waals surface area (Å²) in [4.78, 5) is 17.3. The molecule has 116 valence electrons. The first-order valence-electron chi connectivity index (χ1n) is 7.14. The number of aryl methyl sites for hydroxylation is 2. The molecule has 0 aromatic heterocycles. The highest BCUT2D eigenvalue weighted by molar-refractivity contribution is 14.1. The summed E-state index contributed by atoms with van der Waals surface area (Å²) in [6, 6.07) is 14.0. The van der Waals surface area contributed by atoms with E-state index < -0.39 is 0 Å². The zero-order chi connectivity index (χ0) is 16.4. The Kier molecular flexibility index (Phi) is 4.87. The van der Waals surface area contributed by atoms with Crippen LogP contribution in [0, 0.1) is 17.4 Å². The van der Waals surface area contributed by atoms with E-state index in [4.69, 9.17) is 0 Å². The first-order chi connectivity index (χ1) is 11.0. The summed E-state index contributed by atoms with van der Waals surface area (Å²) < 4.78 is 1.12. The lowest BCUT2D eigenvalue weighted by Crippen LogP contribution is -2.19. The maximum absolute atomic E-state index is 12.1. The van der Waals surface area contributed by atoms with Crippen LogP contribution in [0.3, 0.4) is 0 Å². The molecule has 2 aromatic rings. The van der Waals surface area contributed by atoms with Crippen LogP contribution in [0.2, 0.25) is 0 Å². The van der Waals surface area contributed by atoms with E-state index in [2.05, 4.69) is 46.7 Å². The van der Waals surface area contributed by atoms with Crippen molar-refractivity contribution in [1.29, 1.82) is 0 Å². The van der Waals surface area contributed by atoms with Gasteiger partial charge in [-0.05, 0) is 89.2 Å². The Morgan fingerprint density at radius 3 is 2.65 bits per heavy atom. The van der Waals surface area contributed by atoms with Crippen molar-refractivity contribution in [2.24, 2.45) is 4.99 Å². The summed E-state index contributed by atoms with van der Waals surface area (Å²) in [5.41, 5.74) is 4.32. The van der Waals surface area contributed by atoms with Crippen LogP contribution in [-0.4, -0.2) is 11.1 Å². The summed E-state index contributed by atoms with van der Waals surface area (Å²) >= 11 is 3.64. The second-order valence-corrected chi connectivity index (χ2v) is 7.46. The molecule has 0 saturated carbocycles. The Labute approximate surface area is 153 Å². The molecule has 0 unspecified atom stereocenters. The lowest BCUT2D eigenvalue weighted by molar-refractivity contribution is -0.115. The number of carbonyl (C=O) groups excluding carboxylic acids is 1. The van der Waals surface area contributed by atoms with Gasteiger partial charge >= 0.3 is 0 Å². The summed E-state index contributed by atoms with van der Waals surface area (Å²) in [5, 5.41) is 3.45. The molecule has 0 spiro atoms. The monoisotopic (exact) mass is 434 g/mol. The van der Waals surface area contributed by atoms with Crippen LogP contribution in [0.1, 0.15) is 16.7 Å². The van der Waals surface area contributed by atoms with Crippen LogP contribution in [0.5, 0.6) is 0 Å². The normalized spacial score (nSPS) is 17.8. The standard InChI is InChI=1S/C18H15IN2OS/c1-11-7-8-14(9-12(11)2)20-18-21-17(22)16(23-18)10-13-5-3-4-6-15(13)19/h3-10H,1-2H3,(H,20,21,22)/b16-10-. The predicted octanol–water partition coefficient (Wildman–Crippen LogP) is 4.80. The van der Waals surface area contributed by atoms with Crippen molar-refractivity contribution in [2.45, 2.75) is 13.8 Å². The third-order valence-corrected chi connectivity index (χ3v) is 5.46. The van der Waals surface area contributed by atoms with Crippen molar-refractivity contribution < 1.29 is 4.79 Å². The Hall–Kier alpha value is -1.60. The number of rotatable bonds is 2. The number of carbonyl (C=O) groups is 1. The number of hydrogen-bond acceptors (Lipinski definition) is 3. The minimum atomic E-state index is -0.0998. The van der Waals surface area contributed by atoms with Crippen molar-refractivity contribution >= 4 is 57.2 Å². The van der Waals surface area contributed by atoms with Crippen LogP contribution < -0.4 is 5.32 Å². The van der Waals surface area contributed by atoms with Crippen molar-refractivity contribution in [3.05, 3.63) is 67.6 Å². The molecule has 0 bridgehead atoms. The van der Waals surface area contributed by atoms with Gasteiger partial charge in [-0.15, -0.1) is 0 Å². The largest absolute Gasteiger partial charge is 0.300 e. The van der Waals surface area contributed by atoms with Gasteiger partial charge in [0.15, 0.2) is 5.17 Å². The molecule has 1 aliphatic heterocycles. The minimum Gasteiger partial charge on any atom is -0.300 e. The highest BCUT2D eigenvalue weighted by atomic mass is 127. The van der Waals surface area contributed by atoms with Gasteiger partial charge in [-0.3, -0.25) is 4.79 Å². The Morgan fingerprint density at radius 1 is 1.13 bits per heavy atom. The molecule has 0 aliphatic carbocycles. The van der Waals surface area contributed by atoms with Gasteiger partial charge in [-0.25, -0.2) is 4.99 Å². The molecule has 23 heavy (non-hydrogen) atoms. The third-order valence-electron chi connectivity index (χ3n) is 3.56. The molecular formula is C18H15IN2OS. The maximum atomic E-state index is 12.1. The van der Waals surface area contributed by atoms with Gasteiger partial charge in [-0.2, -0.15) is 0 Å². The van der Waals surface area contributed by atoms with Crippen molar-refractivity contribution in [3.63, 3.8) is 0 Å². The highest BCUT2D eigenvalue weighted by Gasteiger charge is 2.24. The fraction of sp³-hybridized carbons (Fsp3) is 0.111. The van der Waals surface area contributed by atoms with E-state index in [1.807, 2.05) is 48.5 Å². The molecule has 1 amide bonds. The summed E-state index contributed by atoms with van der Waals surface area (Å²) in [6.45, 7) is 4.13. The van der Waals surface area contributed by atoms with Gasteiger partial charge in [0.05, 0.1) is 10.6 Å². The molecule has 0 radical (unpaired) electrons. The Bertz CT molecular complexity index is 843. The van der Waals surface area contributed by atoms with E-state index in [9.17, 15) is 4.79 Å². The smallest absolute Gasteiger partial charge is 0.264 e. The Morgan fingerprint density at radius 2 is 1.91 bits per heavy atom. The van der Waals surface area contributed by atoms with Gasteiger partial charge in [0, 0.05) is 3.57 Å². The third kappa shape index (κ3) is 3.84. The van der Waals surface area contributed by atoms with Crippen LogP contribution in [-0.2, 0) is 4.79 Å². The average Bonchev–Trinajstić information content (AvgIpc) is 2.85. The van der Waals surface area contributed by atoms with E-state index >= 15 is 0 Å². The minimum absolute atomic E-state index is 0.0998. The zero-order valence-electron chi connectivity index (χ0n) is 12.8. The highest BCUT2D eigenvalue weighted by Crippen LogP contribution is 2.29. The summed E-state index contributed by atoms with van der Waals surface area (Å²) in [6.07, 6.45) is 1.91. The fourth-order valence-corrected chi connectivity index (χ4v) is 3.50. The number of thioether (sulfide) groups is 1. The van der Waals surface area contributed by atoms with Crippen molar-refractivity contribution in [1.82, 2.24) is 5.32 Å². The predicted molar refractivity (Wildman–Crippen MR) is 106 cm³/mol. The molecule has 3 rings (SSSR count). The first-order valence-corrected chi connectivity index (χ1v) is 9.04. The van der Waals surface area contributed by atoms with Gasteiger partial charge in [-0.1, -0.05) is 24.3 Å². The van der Waals surface area contributed by atoms with Crippen LogP contribution in [0.15, 0.2) is 52.4 Å². The van der Waals surface area contributed by atoms with Gasteiger partial charge in [0.1, 0.15) is 0 Å². The van der Waals surface area contributed by atoms with Gasteiger partial charge in [0.25, 0.3) is 5.91 Å². The van der Waals surface area contributed by atoms with Crippen molar-refractivity contribution in [2.75, 3.05) is 0 Å². The molecular weight excluding hydrogens is 419 g/mol. The second-order valence-electron chi connectivity index (χ2n) is 5.27. The number of amides is 1. The Balaban J connectivity index is 1.86. The lowest BCUT2D eigenvalue weighted by Gasteiger charge is -2.01. The van der Waals surface area contributed by atoms with Gasteiger partial charge < -0.3 is 5.32 Å². The number of aliphatic imine (C=N–C) groups is 1. The molecule has 1 aliphatic rings. The number of benzene rings is 2. The van der Waals surface area contributed by atoms with E-state index in [0.29, 0.717) is 10.1 Å².